The Morgan fingerprint density at radius 3 is 2.04 bits per heavy atom. The van der Waals surface area contributed by atoms with Gasteiger partial charge in [0.1, 0.15) is 0 Å². The molecular weight excluding hydrogens is 352 g/mol. The van der Waals surface area contributed by atoms with E-state index in [0.29, 0.717) is 17.4 Å². The van der Waals surface area contributed by atoms with Crippen LogP contribution in [0.2, 0.25) is 0 Å². The molecule has 0 saturated carbocycles. The van der Waals surface area contributed by atoms with Crippen LogP contribution in [0.5, 0.6) is 0 Å². The lowest BCUT2D eigenvalue weighted by atomic mass is 9.91. The second-order valence-corrected chi connectivity index (χ2v) is 7.92. The first kappa shape index (κ1) is 25.9. The Kier molecular flexibility index (Phi) is 12.2. The average molecular weight is 391 g/mol. The molecule has 1 unspecified atom stereocenters. The first-order chi connectivity index (χ1) is 13.0. The van der Waals surface area contributed by atoms with E-state index in [1.165, 1.54) is 11.1 Å². The van der Waals surface area contributed by atoms with Gasteiger partial charge in [0.25, 0.3) is 0 Å². The Hall–Kier alpha value is -2.10. The van der Waals surface area contributed by atoms with E-state index in [1.807, 2.05) is 6.92 Å². The molecule has 0 amide bonds. The highest BCUT2D eigenvalue weighted by atomic mass is 16.4. The number of carbonyl (C=O) groups is 2. The monoisotopic (exact) mass is 390 g/mol. The molecule has 4 heteroatoms. The van der Waals surface area contributed by atoms with Gasteiger partial charge in [0.05, 0.1) is 5.92 Å². The standard InChI is InChI=1S/C16H22O2.C8H16O2/c1-10(2)13-6-7-15(11(3)4)14(9-13)8-12(5)16(17)18;1-3-5-6-7(4-2)8(9)10/h6-11H,1-5H3,(H,17,18);7H,3-6H2,1-2H3,(H,9,10). The quantitative estimate of drug-likeness (QED) is 0.460. The number of hydrogen-bond acceptors (Lipinski definition) is 2. The first-order valence-corrected chi connectivity index (χ1v) is 10.3. The van der Waals surface area contributed by atoms with E-state index in [4.69, 9.17) is 10.2 Å². The minimum atomic E-state index is -0.861. The van der Waals surface area contributed by atoms with Crippen LogP contribution >= 0.6 is 0 Å². The summed E-state index contributed by atoms with van der Waals surface area (Å²) in [6, 6.07) is 6.35. The molecule has 1 atom stereocenters. The van der Waals surface area contributed by atoms with Gasteiger partial charge in [-0.15, -0.1) is 0 Å². The lowest BCUT2D eigenvalue weighted by molar-refractivity contribution is -0.142. The van der Waals surface area contributed by atoms with Crippen LogP contribution in [0.25, 0.3) is 6.08 Å². The molecule has 4 nitrogen and oxygen atoms in total. The van der Waals surface area contributed by atoms with Crippen LogP contribution in [0.3, 0.4) is 0 Å². The van der Waals surface area contributed by atoms with Gasteiger partial charge < -0.3 is 10.2 Å². The molecule has 0 aliphatic rings. The molecule has 28 heavy (non-hydrogen) atoms. The van der Waals surface area contributed by atoms with Crippen LogP contribution < -0.4 is 0 Å². The second-order valence-electron chi connectivity index (χ2n) is 7.92. The number of unbranched alkanes of at least 4 members (excludes halogenated alkanes) is 1. The maximum Gasteiger partial charge on any atom is 0.331 e. The Morgan fingerprint density at radius 1 is 1.04 bits per heavy atom. The highest BCUT2D eigenvalue weighted by Crippen LogP contribution is 2.26. The van der Waals surface area contributed by atoms with Gasteiger partial charge in [0.15, 0.2) is 0 Å². The first-order valence-electron chi connectivity index (χ1n) is 10.3. The fourth-order valence-electron chi connectivity index (χ4n) is 2.85. The molecule has 1 aromatic carbocycles. The van der Waals surface area contributed by atoms with E-state index < -0.39 is 11.9 Å². The number of benzene rings is 1. The fourth-order valence-corrected chi connectivity index (χ4v) is 2.85. The molecule has 2 N–H and O–H groups in total. The third-order valence-electron chi connectivity index (χ3n) is 4.86. The Labute approximate surface area is 170 Å². The van der Waals surface area contributed by atoms with E-state index in [9.17, 15) is 9.59 Å². The summed E-state index contributed by atoms with van der Waals surface area (Å²) in [5.74, 6) is -0.780. The lowest BCUT2D eigenvalue weighted by Gasteiger charge is -2.14. The molecular formula is C24H38O4. The van der Waals surface area contributed by atoms with Gasteiger partial charge in [-0.3, -0.25) is 4.79 Å². The van der Waals surface area contributed by atoms with Crippen molar-refractivity contribution in [3.05, 3.63) is 40.5 Å². The highest BCUT2D eigenvalue weighted by molar-refractivity contribution is 5.91. The third-order valence-corrected chi connectivity index (χ3v) is 4.86. The van der Waals surface area contributed by atoms with E-state index in [1.54, 1.807) is 13.0 Å². The maximum atomic E-state index is 10.9. The summed E-state index contributed by atoms with van der Waals surface area (Å²) in [6.07, 6.45) is 5.48. The molecule has 0 aromatic heterocycles. The molecule has 0 bridgehead atoms. The summed E-state index contributed by atoms with van der Waals surface area (Å²) < 4.78 is 0. The zero-order chi connectivity index (χ0) is 21.9. The van der Waals surface area contributed by atoms with Crippen molar-refractivity contribution in [2.75, 3.05) is 0 Å². The predicted octanol–water partition coefficient (Wildman–Crippen LogP) is 6.71. The minimum absolute atomic E-state index is 0.111. The molecule has 0 aliphatic carbocycles. The summed E-state index contributed by atoms with van der Waals surface area (Å²) in [4.78, 5) is 21.4. The summed E-state index contributed by atoms with van der Waals surface area (Å²) in [7, 11) is 0. The van der Waals surface area contributed by atoms with Gasteiger partial charge in [-0.1, -0.05) is 72.6 Å². The molecule has 1 rings (SSSR count). The van der Waals surface area contributed by atoms with Crippen LogP contribution in [-0.4, -0.2) is 22.2 Å². The van der Waals surface area contributed by atoms with Gasteiger partial charge in [0.2, 0.25) is 0 Å². The van der Waals surface area contributed by atoms with Crippen molar-refractivity contribution in [1.29, 1.82) is 0 Å². The number of carboxylic acids is 2. The van der Waals surface area contributed by atoms with Crippen molar-refractivity contribution in [3.8, 4) is 0 Å². The molecule has 0 fully saturated rings. The Bertz CT molecular complexity index is 657. The van der Waals surface area contributed by atoms with Gasteiger partial charge in [-0.05, 0) is 54.4 Å². The van der Waals surface area contributed by atoms with Crippen molar-refractivity contribution < 1.29 is 19.8 Å². The Balaban J connectivity index is 0.000000621. The van der Waals surface area contributed by atoms with Gasteiger partial charge in [0, 0.05) is 5.57 Å². The number of carboxylic acid groups (broad SMARTS) is 2. The van der Waals surface area contributed by atoms with Crippen molar-refractivity contribution in [2.45, 2.75) is 86.0 Å². The van der Waals surface area contributed by atoms with Crippen LogP contribution in [0.1, 0.15) is 103 Å². The number of hydrogen-bond donors (Lipinski definition) is 2. The van der Waals surface area contributed by atoms with Crippen LogP contribution in [0.15, 0.2) is 23.8 Å². The highest BCUT2D eigenvalue weighted by Gasteiger charge is 2.13. The Morgan fingerprint density at radius 2 is 1.64 bits per heavy atom. The summed E-state index contributed by atoms with van der Waals surface area (Å²) in [5, 5.41) is 17.6. The predicted molar refractivity (Wildman–Crippen MR) is 117 cm³/mol. The SMILES string of the molecule is CC(=Cc1cc(C(C)C)ccc1C(C)C)C(=O)O.CCCCC(CC)C(=O)O. The topological polar surface area (TPSA) is 74.6 Å². The molecule has 0 spiro atoms. The van der Waals surface area contributed by atoms with Crippen LogP contribution in [-0.2, 0) is 9.59 Å². The minimum Gasteiger partial charge on any atom is -0.481 e. The average Bonchev–Trinajstić information content (AvgIpc) is 2.62. The fraction of sp³-hybridized carbons (Fsp3) is 0.583. The van der Waals surface area contributed by atoms with Crippen molar-refractivity contribution in [3.63, 3.8) is 0 Å². The molecule has 0 heterocycles. The third kappa shape index (κ3) is 9.20. The van der Waals surface area contributed by atoms with Gasteiger partial charge in [-0.2, -0.15) is 0 Å². The zero-order valence-electron chi connectivity index (χ0n) is 18.6. The van der Waals surface area contributed by atoms with Crippen molar-refractivity contribution >= 4 is 18.0 Å². The number of aliphatic carboxylic acids is 2. The second kappa shape index (κ2) is 13.1. The largest absolute Gasteiger partial charge is 0.481 e. The zero-order valence-corrected chi connectivity index (χ0v) is 18.6. The van der Waals surface area contributed by atoms with E-state index >= 15 is 0 Å². The molecule has 0 radical (unpaired) electrons. The summed E-state index contributed by atoms with van der Waals surface area (Å²) >= 11 is 0. The van der Waals surface area contributed by atoms with Crippen LogP contribution in [0.4, 0.5) is 0 Å². The number of rotatable bonds is 9. The van der Waals surface area contributed by atoms with E-state index in [0.717, 1.165) is 31.2 Å². The van der Waals surface area contributed by atoms with Crippen LogP contribution in [0, 0.1) is 5.92 Å². The van der Waals surface area contributed by atoms with Crippen molar-refractivity contribution in [2.24, 2.45) is 5.92 Å². The van der Waals surface area contributed by atoms with E-state index in [-0.39, 0.29) is 5.92 Å². The maximum absolute atomic E-state index is 10.9. The summed E-state index contributed by atoms with van der Waals surface area (Å²) in [5.41, 5.74) is 3.83. The van der Waals surface area contributed by atoms with Gasteiger partial charge in [-0.25, -0.2) is 4.79 Å². The van der Waals surface area contributed by atoms with E-state index in [2.05, 4.69) is 52.8 Å². The van der Waals surface area contributed by atoms with Gasteiger partial charge >= 0.3 is 11.9 Å². The normalized spacial score (nSPS) is 12.5. The lowest BCUT2D eigenvalue weighted by Crippen LogP contribution is -2.11. The smallest absolute Gasteiger partial charge is 0.331 e. The molecule has 0 saturated heterocycles. The molecule has 158 valence electrons. The molecule has 0 aliphatic heterocycles. The summed E-state index contributed by atoms with van der Waals surface area (Å²) in [6.45, 7) is 14.2. The van der Waals surface area contributed by atoms with Crippen molar-refractivity contribution in [1.82, 2.24) is 0 Å². The molecule has 1 aromatic rings.